The number of benzene rings is 1. The van der Waals surface area contributed by atoms with Crippen molar-refractivity contribution in [2.45, 2.75) is 32.2 Å². The van der Waals surface area contributed by atoms with Crippen LogP contribution < -0.4 is 5.56 Å². The van der Waals surface area contributed by atoms with Crippen LogP contribution in [0.1, 0.15) is 29.2 Å². The fourth-order valence-corrected chi connectivity index (χ4v) is 4.81. The van der Waals surface area contributed by atoms with Crippen LogP contribution in [-0.2, 0) is 19.4 Å². The molecular formula is C19H15ClN4O2S. The topological polar surface area (TPSA) is 73.8 Å². The zero-order valence-electron chi connectivity index (χ0n) is 14.3. The Labute approximate surface area is 163 Å². The number of aryl methyl sites for hydroxylation is 2. The van der Waals surface area contributed by atoms with Crippen LogP contribution in [0.25, 0.3) is 21.7 Å². The van der Waals surface area contributed by atoms with Gasteiger partial charge in [-0.3, -0.25) is 9.36 Å². The Morgan fingerprint density at radius 2 is 1.96 bits per heavy atom. The minimum atomic E-state index is -0.0364. The molecule has 3 aromatic heterocycles. The lowest BCUT2D eigenvalue weighted by Crippen LogP contribution is -2.21. The summed E-state index contributed by atoms with van der Waals surface area (Å²) in [5, 5.41) is 9.54. The number of rotatable bonds is 3. The fraction of sp³-hybridized carbons (Fsp3) is 0.263. The summed E-state index contributed by atoms with van der Waals surface area (Å²) >= 11 is 7.55. The van der Waals surface area contributed by atoms with Crippen LogP contribution in [-0.4, -0.2) is 19.7 Å². The molecule has 6 nitrogen and oxygen atoms in total. The summed E-state index contributed by atoms with van der Waals surface area (Å²) in [6.45, 7) is 0.201. The lowest BCUT2D eigenvalue weighted by molar-refractivity contribution is 0.483. The third-order valence-electron chi connectivity index (χ3n) is 4.81. The monoisotopic (exact) mass is 398 g/mol. The third-order valence-corrected chi connectivity index (χ3v) is 6.26. The summed E-state index contributed by atoms with van der Waals surface area (Å²) in [5.41, 5.74) is 1.93. The first kappa shape index (κ1) is 16.6. The molecule has 0 spiro atoms. The summed E-state index contributed by atoms with van der Waals surface area (Å²) in [7, 11) is 0. The standard InChI is InChI=1S/C19H15ClN4O2S/c20-12-7-5-11(6-8-12)17-23-22-15(26-17)9-24-10-21-18-16(19(24)25)13-3-1-2-4-14(13)27-18/h5-8,10H,1-4,9H2. The molecular weight excluding hydrogens is 384 g/mol. The van der Waals surface area contributed by atoms with Gasteiger partial charge in [0.15, 0.2) is 0 Å². The predicted molar refractivity (Wildman–Crippen MR) is 104 cm³/mol. The van der Waals surface area contributed by atoms with Crippen molar-refractivity contribution in [2.75, 3.05) is 0 Å². The Kier molecular flexibility index (Phi) is 4.06. The summed E-state index contributed by atoms with van der Waals surface area (Å²) in [4.78, 5) is 19.6. The first-order valence-electron chi connectivity index (χ1n) is 8.77. The van der Waals surface area contributed by atoms with Gasteiger partial charge in [-0.15, -0.1) is 21.5 Å². The van der Waals surface area contributed by atoms with E-state index in [-0.39, 0.29) is 12.1 Å². The van der Waals surface area contributed by atoms with Crippen molar-refractivity contribution in [2.24, 2.45) is 0 Å². The molecule has 1 aliphatic carbocycles. The molecule has 0 unspecified atom stereocenters. The molecule has 136 valence electrons. The van der Waals surface area contributed by atoms with Crippen LogP contribution in [0.4, 0.5) is 0 Å². The third kappa shape index (κ3) is 2.96. The molecule has 0 radical (unpaired) electrons. The molecule has 1 aliphatic rings. The molecule has 3 heterocycles. The van der Waals surface area contributed by atoms with Crippen molar-refractivity contribution in [1.82, 2.24) is 19.7 Å². The lowest BCUT2D eigenvalue weighted by Gasteiger charge is -2.10. The highest BCUT2D eigenvalue weighted by Crippen LogP contribution is 2.33. The summed E-state index contributed by atoms with van der Waals surface area (Å²) in [6, 6.07) is 7.17. The van der Waals surface area contributed by atoms with E-state index in [1.807, 2.05) is 12.1 Å². The second-order valence-corrected chi connectivity index (χ2v) is 8.10. The lowest BCUT2D eigenvalue weighted by atomic mass is 9.97. The molecule has 0 N–H and O–H groups in total. The highest BCUT2D eigenvalue weighted by atomic mass is 35.5. The van der Waals surface area contributed by atoms with E-state index in [0.717, 1.165) is 35.0 Å². The summed E-state index contributed by atoms with van der Waals surface area (Å²) in [6.07, 6.45) is 5.88. The van der Waals surface area contributed by atoms with E-state index in [2.05, 4.69) is 15.2 Å². The minimum Gasteiger partial charge on any atom is -0.419 e. The molecule has 0 amide bonds. The van der Waals surface area contributed by atoms with Crippen molar-refractivity contribution in [3.8, 4) is 11.5 Å². The van der Waals surface area contributed by atoms with Crippen molar-refractivity contribution in [3.05, 3.63) is 62.3 Å². The van der Waals surface area contributed by atoms with Crippen LogP contribution in [0.2, 0.25) is 5.02 Å². The van der Waals surface area contributed by atoms with Crippen LogP contribution in [0.5, 0.6) is 0 Å². The van der Waals surface area contributed by atoms with E-state index in [1.165, 1.54) is 16.9 Å². The number of halogens is 1. The van der Waals surface area contributed by atoms with E-state index in [0.29, 0.717) is 16.8 Å². The van der Waals surface area contributed by atoms with E-state index >= 15 is 0 Å². The zero-order valence-corrected chi connectivity index (χ0v) is 15.9. The highest BCUT2D eigenvalue weighted by Gasteiger charge is 2.20. The molecule has 27 heavy (non-hydrogen) atoms. The largest absolute Gasteiger partial charge is 0.419 e. The smallest absolute Gasteiger partial charge is 0.262 e. The molecule has 1 aromatic carbocycles. The van der Waals surface area contributed by atoms with Crippen molar-refractivity contribution >= 4 is 33.2 Å². The van der Waals surface area contributed by atoms with Gasteiger partial charge in [0.1, 0.15) is 11.4 Å². The van der Waals surface area contributed by atoms with Crippen LogP contribution in [0.3, 0.4) is 0 Å². The molecule has 0 atom stereocenters. The molecule has 5 rings (SSSR count). The normalized spacial score (nSPS) is 13.8. The number of hydrogen-bond donors (Lipinski definition) is 0. The number of aromatic nitrogens is 4. The Bertz CT molecular complexity index is 1190. The Morgan fingerprint density at radius 3 is 2.81 bits per heavy atom. The number of fused-ring (bicyclic) bond motifs is 3. The first-order valence-corrected chi connectivity index (χ1v) is 9.96. The Hall–Kier alpha value is -2.51. The predicted octanol–water partition coefficient (Wildman–Crippen LogP) is 4.09. The van der Waals surface area contributed by atoms with Gasteiger partial charge in [-0.05, 0) is 55.5 Å². The van der Waals surface area contributed by atoms with Gasteiger partial charge in [-0.25, -0.2) is 4.98 Å². The SMILES string of the molecule is O=c1c2c3c(sc2ncn1Cc1nnc(-c2ccc(Cl)cc2)o1)CCCC3. The Morgan fingerprint density at radius 1 is 1.15 bits per heavy atom. The summed E-state index contributed by atoms with van der Waals surface area (Å²) < 4.78 is 7.27. The minimum absolute atomic E-state index is 0.0364. The second-order valence-electron chi connectivity index (χ2n) is 6.58. The van der Waals surface area contributed by atoms with Gasteiger partial charge in [-0.1, -0.05) is 11.6 Å². The maximum absolute atomic E-state index is 13.0. The fourth-order valence-electron chi connectivity index (χ4n) is 3.47. The Balaban J connectivity index is 1.49. The van der Waals surface area contributed by atoms with Crippen LogP contribution in [0.15, 0.2) is 39.8 Å². The second kappa shape index (κ2) is 6.58. The molecule has 0 saturated carbocycles. The molecule has 0 bridgehead atoms. The maximum atomic E-state index is 13.0. The number of nitrogens with zero attached hydrogens (tertiary/aromatic N) is 4. The zero-order chi connectivity index (χ0) is 18.4. The molecule has 0 saturated heterocycles. The number of thiophene rings is 1. The molecule has 4 aromatic rings. The van der Waals surface area contributed by atoms with E-state index < -0.39 is 0 Å². The van der Waals surface area contributed by atoms with Gasteiger partial charge >= 0.3 is 0 Å². The van der Waals surface area contributed by atoms with Crippen molar-refractivity contribution in [1.29, 1.82) is 0 Å². The molecule has 0 fully saturated rings. The van der Waals surface area contributed by atoms with Crippen LogP contribution in [0, 0.1) is 0 Å². The average Bonchev–Trinajstić information content (AvgIpc) is 3.29. The van der Waals surface area contributed by atoms with E-state index in [4.69, 9.17) is 16.0 Å². The van der Waals surface area contributed by atoms with E-state index in [9.17, 15) is 4.79 Å². The van der Waals surface area contributed by atoms with Gasteiger partial charge in [0.05, 0.1) is 11.7 Å². The number of hydrogen-bond acceptors (Lipinski definition) is 6. The van der Waals surface area contributed by atoms with Gasteiger partial charge in [0.2, 0.25) is 11.8 Å². The quantitative estimate of drug-likeness (QED) is 0.519. The van der Waals surface area contributed by atoms with Crippen molar-refractivity contribution in [3.63, 3.8) is 0 Å². The maximum Gasteiger partial charge on any atom is 0.262 e. The van der Waals surface area contributed by atoms with Gasteiger partial charge in [-0.2, -0.15) is 0 Å². The molecule has 0 aliphatic heterocycles. The van der Waals surface area contributed by atoms with Gasteiger partial charge in [0, 0.05) is 15.5 Å². The average molecular weight is 399 g/mol. The van der Waals surface area contributed by atoms with Crippen LogP contribution >= 0.6 is 22.9 Å². The van der Waals surface area contributed by atoms with Crippen molar-refractivity contribution < 1.29 is 4.42 Å². The summed E-state index contributed by atoms with van der Waals surface area (Å²) in [5.74, 6) is 0.768. The van der Waals surface area contributed by atoms with E-state index in [1.54, 1.807) is 34.4 Å². The molecule has 8 heteroatoms. The van der Waals surface area contributed by atoms with Gasteiger partial charge < -0.3 is 4.42 Å². The van der Waals surface area contributed by atoms with Gasteiger partial charge in [0.25, 0.3) is 5.56 Å². The highest BCUT2D eigenvalue weighted by molar-refractivity contribution is 7.18. The first-order chi connectivity index (χ1) is 13.2.